The fourth-order valence-corrected chi connectivity index (χ4v) is 4.56. The first kappa shape index (κ1) is 18.3. The molecule has 0 saturated carbocycles. The normalized spacial score (nSPS) is 16.9. The van der Waals surface area contributed by atoms with Crippen LogP contribution in [0, 0.1) is 5.82 Å². The Morgan fingerprint density at radius 3 is 2.44 bits per heavy atom. The zero-order valence-electron chi connectivity index (χ0n) is 13.7. The van der Waals surface area contributed by atoms with E-state index in [0.29, 0.717) is 0 Å². The van der Waals surface area contributed by atoms with Crippen LogP contribution >= 0.6 is 11.6 Å². The summed E-state index contributed by atoms with van der Waals surface area (Å²) in [6.45, 7) is 2.52. The minimum Gasteiger partial charge on any atom is -0.299 e. The number of sulfonamides is 1. The number of piperidine rings is 1. The van der Waals surface area contributed by atoms with E-state index in [1.807, 2.05) is 18.2 Å². The molecule has 0 atom stereocenters. The van der Waals surface area contributed by atoms with Crippen LogP contribution in [0.15, 0.2) is 53.4 Å². The van der Waals surface area contributed by atoms with Crippen molar-refractivity contribution in [2.75, 3.05) is 13.1 Å². The molecule has 1 N–H and O–H groups in total. The van der Waals surface area contributed by atoms with Gasteiger partial charge in [0.2, 0.25) is 10.0 Å². The van der Waals surface area contributed by atoms with Gasteiger partial charge in [0.15, 0.2) is 0 Å². The maximum atomic E-state index is 13.2. The second kappa shape index (κ2) is 7.83. The highest BCUT2D eigenvalue weighted by atomic mass is 35.5. The lowest BCUT2D eigenvalue weighted by atomic mass is 10.1. The predicted octanol–water partition coefficient (Wildman–Crippen LogP) is 3.42. The SMILES string of the molecule is O=S(=O)(NC1CCN(Cc2ccccc2)CC1)c1ccc(F)c(Cl)c1. The lowest BCUT2D eigenvalue weighted by molar-refractivity contribution is 0.200. The van der Waals surface area contributed by atoms with E-state index in [9.17, 15) is 12.8 Å². The van der Waals surface area contributed by atoms with E-state index in [0.717, 1.165) is 44.6 Å². The van der Waals surface area contributed by atoms with Crippen LogP contribution in [0.5, 0.6) is 0 Å². The molecule has 1 heterocycles. The number of rotatable bonds is 5. The van der Waals surface area contributed by atoms with Gasteiger partial charge in [0.25, 0.3) is 0 Å². The van der Waals surface area contributed by atoms with E-state index in [4.69, 9.17) is 11.6 Å². The molecule has 0 amide bonds. The minimum atomic E-state index is -3.70. The van der Waals surface area contributed by atoms with Gasteiger partial charge in [-0.05, 0) is 36.6 Å². The van der Waals surface area contributed by atoms with E-state index in [1.165, 1.54) is 11.6 Å². The monoisotopic (exact) mass is 382 g/mol. The first-order valence-corrected chi connectivity index (χ1v) is 10.0. The molecule has 0 unspecified atom stereocenters. The first-order valence-electron chi connectivity index (χ1n) is 8.18. The van der Waals surface area contributed by atoms with Crippen molar-refractivity contribution in [2.45, 2.75) is 30.3 Å². The van der Waals surface area contributed by atoms with Crippen LogP contribution in [0.25, 0.3) is 0 Å². The number of likely N-dealkylation sites (tertiary alicyclic amines) is 1. The Hall–Kier alpha value is -1.47. The molecule has 134 valence electrons. The van der Waals surface area contributed by atoms with Crippen molar-refractivity contribution >= 4 is 21.6 Å². The summed E-state index contributed by atoms with van der Waals surface area (Å²) in [5.74, 6) is -0.630. The average molecular weight is 383 g/mol. The molecule has 7 heteroatoms. The van der Waals surface area contributed by atoms with Gasteiger partial charge in [-0.15, -0.1) is 0 Å². The smallest absolute Gasteiger partial charge is 0.240 e. The second-order valence-electron chi connectivity index (χ2n) is 6.23. The number of nitrogens with zero attached hydrogens (tertiary/aromatic N) is 1. The summed E-state index contributed by atoms with van der Waals surface area (Å²) >= 11 is 5.68. The number of nitrogens with one attached hydrogen (secondary N) is 1. The fourth-order valence-electron chi connectivity index (χ4n) is 2.98. The molecule has 0 spiro atoms. The predicted molar refractivity (Wildman–Crippen MR) is 96.5 cm³/mol. The Morgan fingerprint density at radius 2 is 1.80 bits per heavy atom. The molecular formula is C18H20ClFN2O2S. The lowest BCUT2D eigenvalue weighted by Crippen LogP contribution is -2.44. The third-order valence-electron chi connectivity index (χ3n) is 4.36. The largest absolute Gasteiger partial charge is 0.299 e. The van der Waals surface area contributed by atoms with Gasteiger partial charge >= 0.3 is 0 Å². The summed E-state index contributed by atoms with van der Waals surface area (Å²) in [5, 5.41) is -0.194. The highest BCUT2D eigenvalue weighted by molar-refractivity contribution is 7.89. The molecule has 0 bridgehead atoms. The zero-order chi connectivity index (χ0) is 17.9. The van der Waals surface area contributed by atoms with Crippen LogP contribution < -0.4 is 4.72 Å². The van der Waals surface area contributed by atoms with Crippen molar-refractivity contribution in [3.63, 3.8) is 0 Å². The van der Waals surface area contributed by atoms with Gasteiger partial charge in [0.05, 0.1) is 9.92 Å². The lowest BCUT2D eigenvalue weighted by Gasteiger charge is -2.32. The molecule has 4 nitrogen and oxygen atoms in total. The van der Waals surface area contributed by atoms with E-state index in [-0.39, 0.29) is 16.0 Å². The molecule has 1 fully saturated rings. The Kier molecular flexibility index (Phi) is 5.74. The molecule has 2 aromatic carbocycles. The van der Waals surface area contributed by atoms with Crippen LogP contribution in [0.2, 0.25) is 5.02 Å². The van der Waals surface area contributed by atoms with Gasteiger partial charge in [-0.3, -0.25) is 4.90 Å². The molecule has 1 aliphatic heterocycles. The van der Waals surface area contributed by atoms with Crippen LogP contribution in [0.1, 0.15) is 18.4 Å². The highest BCUT2D eigenvalue weighted by Crippen LogP contribution is 2.21. The maximum Gasteiger partial charge on any atom is 0.240 e. The van der Waals surface area contributed by atoms with Crippen LogP contribution in [-0.4, -0.2) is 32.4 Å². The van der Waals surface area contributed by atoms with Crippen LogP contribution in [0.3, 0.4) is 0 Å². The summed E-state index contributed by atoms with van der Waals surface area (Å²) in [4.78, 5) is 2.31. The van der Waals surface area contributed by atoms with E-state index >= 15 is 0 Å². The zero-order valence-corrected chi connectivity index (χ0v) is 15.2. The molecular weight excluding hydrogens is 363 g/mol. The van der Waals surface area contributed by atoms with Crippen molar-refractivity contribution in [1.29, 1.82) is 0 Å². The molecule has 2 aromatic rings. The number of hydrogen-bond donors (Lipinski definition) is 1. The Balaban J connectivity index is 1.57. The van der Waals surface area contributed by atoms with Gasteiger partial charge in [-0.2, -0.15) is 0 Å². The topological polar surface area (TPSA) is 49.4 Å². The van der Waals surface area contributed by atoms with Crippen molar-refractivity contribution in [3.8, 4) is 0 Å². The van der Waals surface area contributed by atoms with Gasteiger partial charge in [-0.1, -0.05) is 41.9 Å². The number of hydrogen-bond acceptors (Lipinski definition) is 3. The molecule has 0 aromatic heterocycles. The molecule has 1 saturated heterocycles. The molecule has 0 aliphatic carbocycles. The Morgan fingerprint density at radius 1 is 1.12 bits per heavy atom. The second-order valence-corrected chi connectivity index (χ2v) is 8.35. The van der Waals surface area contributed by atoms with Gasteiger partial charge in [0, 0.05) is 25.7 Å². The van der Waals surface area contributed by atoms with Gasteiger partial charge < -0.3 is 0 Å². The average Bonchev–Trinajstić information content (AvgIpc) is 2.60. The summed E-state index contributed by atoms with van der Waals surface area (Å²) < 4.78 is 40.8. The van der Waals surface area contributed by atoms with Crippen molar-refractivity contribution in [3.05, 3.63) is 64.9 Å². The first-order chi connectivity index (χ1) is 11.9. The molecule has 25 heavy (non-hydrogen) atoms. The minimum absolute atomic E-state index is 0.00869. The van der Waals surface area contributed by atoms with Gasteiger partial charge in [-0.25, -0.2) is 17.5 Å². The summed E-state index contributed by atoms with van der Waals surface area (Å²) in [6.07, 6.45) is 1.47. The molecule has 3 rings (SSSR count). The Labute approximate surface area is 152 Å². The fraction of sp³-hybridized carbons (Fsp3) is 0.333. The standard InChI is InChI=1S/C18H20ClFN2O2S/c19-17-12-16(6-7-18(17)20)25(23,24)21-15-8-10-22(11-9-15)13-14-4-2-1-3-5-14/h1-7,12,15,21H,8-11,13H2. The summed E-state index contributed by atoms with van der Waals surface area (Å²) in [5.41, 5.74) is 1.25. The van der Waals surface area contributed by atoms with Crippen molar-refractivity contribution in [1.82, 2.24) is 9.62 Å². The number of benzene rings is 2. The highest BCUT2D eigenvalue weighted by Gasteiger charge is 2.25. The van der Waals surface area contributed by atoms with E-state index < -0.39 is 15.8 Å². The molecule has 1 aliphatic rings. The Bertz CT molecular complexity index is 822. The maximum absolute atomic E-state index is 13.2. The third kappa shape index (κ3) is 4.79. The van der Waals surface area contributed by atoms with Crippen molar-refractivity contribution in [2.24, 2.45) is 0 Å². The third-order valence-corrected chi connectivity index (χ3v) is 6.17. The van der Waals surface area contributed by atoms with Crippen molar-refractivity contribution < 1.29 is 12.8 Å². The van der Waals surface area contributed by atoms with Crippen LogP contribution in [0.4, 0.5) is 4.39 Å². The van der Waals surface area contributed by atoms with Crippen LogP contribution in [-0.2, 0) is 16.6 Å². The van der Waals surface area contributed by atoms with E-state index in [2.05, 4.69) is 21.8 Å². The quantitative estimate of drug-likeness (QED) is 0.862. The summed E-state index contributed by atoms with van der Waals surface area (Å²) in [7, 11) is -3.70. The number of halogens is 2. The summed E-state index contributed by atoms with van der Waals surface area (Å²) in [6, 6.07) is 13.5. The molecule has 0 radical (unpaired) electrons. The van der Waals surface area contributed by atoms with E-state index in [1.54, 1.807) is 0 Å². The van der Waals surface area contributed by atoms with Gasteiger partial charge in [0.1, 0.15) is 5.82 Å².